The van der Waals surface area contributed by atoms with Crippen LogP contribution in [0, 0.1) is 0 Å². The number of nitrogens with zero attached hydrogens (tertiary/aromatic N) is 2. The Bertz CT molecular complexity index is 1170. The molecule has 0 bridgehead atoms. The monoisotopic (exact) mass is 486 g/mol. The largest absolute Gasteiger partial charge is 0.344 e. The number of carbonyl (C=O) groups is 3. The highest BCUT2D eigenvalue weighted by Gasteiger charge is 2.48. The number of carbonyl (C=O) groups excluding carboxylic acids is 3. The Morgan fingerprint density at radius 1 is 1.12 bits per heavy atom. The van der Waals surface area contributed by atoms with Gasteiger partial charge in [0.1, 0.15) is 5.54 Å². The van der Waals surface area contributed by atoms with Gasteiger partial charge in [-0.2, -0.15) is 5.01 Å². The number of benzene rings is 2. The zero-order chi connectivity index (χ0) is 25.1. The van der Waals surface area contributed by atoms with Crippen LogP contribution in [0.5, 0.6) is 0 Å². The van der Waals surface area contributed by atoms with Gasteiger partial charge in [0.2, 0.25) is 0 Å². The minimum Gasteiger partial charge on any atom is -0.322 e. The molecule has 1 heterocycles. The van der Waals surface area contributed by atoms with Gasteiger partial charge in [-0.05, 0) is 57.0 Å². The quantitative estimate of drug-likeness (QED) is 0.524. The first-order valence-corrected chi connectivity index (χ1v) is 12.8. The third kappa shape index (κ3) is 5.81. The summed E-state index contributed by atoms with van der Waals surface area (Å²) in [5.74, 6) is -1.02. The molecule has 3 rings (SSSR count). The van der Waals surface area contributed by atoms with Gasteiger partial charge in [0.05, 0.1) is 11.4 Å². The Morgan fingerprint density at radius 3 is 2.32 bits per heavy atom. The molecule has 2 aromatic carbocycles. The van der Waals surface area contributed by atoms with Crippen molar-refractivity contribution in [3.05, 3.63) is 65.7 Å². The van der Waals surface area contributed by atoms with Crippen molar-refractivity contribution in [2.45, 2.75) is 43.2 Å². The predicted molar refractivity (Wildman–Crippen MR) is 127 cm³/mol. The van der Waals surface area contributed by atoms with Crippen LogP contribution in [0.3, 0.4) is 0 Å². The lowest BCUT2D eigenvalue weighted by Crippen LogP contribution is -2.51. The van der Waals surface area contributed by atoms with E-state index in [0.717, 1.165) is 22.4 Å². The van der Waals surface area contributed by atoms with Gasteiger partial charge in [-0.1, -0.05) is 42.5 Å². The number of likely N-dealkylation sites (N-methyl/N-ethyl adjacent to an activating group) is 1. The summed E-state index contributed by atoms with van der Waals surface area (Å²) in [6.45, 7) is 3.45. The molecule has 34 heavy (non-hydrogen) atoms. The second kappa shape index (κ2) is 9.94. The molecule has 0 saturated carbocycles. The number of amides is 4. The first-order valence-electron chi connectivity index (χ1n) is 10.9. The summed E-state index contributed by atoms with van der Waals surface area (Å²) in [6, 6.07) is 15.2. The number of hydrogen-bond acceptors (Lipinski definition) is 6. The molecule has 2 N–H and O–H groups in total. The minimum atomic E-state index is -3.29. The maximum atomic E-state index is 12.9. The first kappa shape index (κ1) is 25.4. The number of hydrogen-bond donors (Lipinski definition) is 2. The zero-order valence-electron chi connectivity index (χ0n) is 19.7. The molecule has 2 atom stereocenters. The summed E-state index contributed by atoms with van der Waals surface area (Å²) in [4.78, 5) is 39.9. The molecule has 1 aliphatic rings. The van der Waals surface area contributed by atoms with Crippen LogP contribution in [0.4, 0.5) is 4.79 Å². The average Bonchev–Trinajstić information content (AvgIpc) is 3.00. The van der Waals surface area contributed by atoms with E-state index in [2.05, 4.69) is 10.7 Å². The summed E-state index contributed by atoms with van der Waals surface area (Å²) in [7, 11) is -1.56. The van der Waals surface area contributed by atoms with Crippen LogP contribution in [0.1, 0.15) is 37.4 Å². The first-order chi connectivity index (χ1) is 15.9. The summed E-state index contributed by atoms with van der Waals surface area (Å²) < 4.78 is 23.3. The molecular weight excluding hydrogens is 456 g/mol. The van der Waals surface area contributed by atoms with E-state index >= 15 is 0 Å². The van der Waals surface area contributed by atoms with Crippen molar-refractivity contribution in [2.24, 2.45) is 0 Å². The van der Waals surface area contributed by atoms with Crippen LogP contribution in [0.25, 0.3) is 0 Å². The molecule has 0 aliphatic carbocycles. The minimum absolute atomic E-state index is 0.0766. The lowest BCUT2D eigenvalue weighted by Gasteiger charge is -2.26. The van der Waals surface area contributed by atoms with Gasteiger partial charge >= 0.3 is 6.03 Å². The van der Waals surface area contributed by atoms with E-state index in [1.807, 2.05) is 37.3 Å². The molecule has 2 unspecified atom stereocenters. The Labute approximate surface area is 200 Å². The number of hydrazine groups is 1. The molecular formula is C24H30N4O5S. The number of nitrogens with one attached hydrogen (secondary N) is 2. The molecule has 1 aliphatic heterocycles. The highest BCUT2D eigenvalue weighted by molar-refractivity contribution is 7.90. The summed E-state index contributed by atoms with van der Waals surface area (Å²) in [6.07, 6.45) is 2.14. The van der Waals surface area contributed by atoms with E-state index in [0.29, 0.717) is 12.8 Å². The molecule has 2 aromatic rings. The highest BCUT2D eigenvalue weighted by atomic mass is 32.2. The van der Waals surface area contributed by atoms with Gasteiger partial charge in [-0.15, -0.1) is 0 Å². The second-order valence-corrected chi connectivity index (χ2v) is 10.9. The van der Waals surface area contributed by atoms with Gasteiger partial charge < -0.3 is 5.32 Å². The number of imide groups is 1. The molecule has 0 aromatic heterocycles. The summed E-state index contributed by atoms with van der Waals surface area (Å²) >= 11 is 0. The smallest absolute Gasteiger partial charge is 0.322 e. The molecule has 0 spiro atoms. The normalized spacial score (nSPS) is 19.3. The van der Waals surface area contributed by atoms with Crippen molar-refractivity contribution < 1.29 is 22.8 Å². The third-order valence-corrected chi connectivity index (χ3v) is 7.23. The fraction of sp³-hybridized carbons (Fsp3) is 0.375. The van der Waals surface area contributed by atoms with E-state index in [1.54, 1.807) is 31.0 Å². The average molecular weight is 487 g/mol. The van der Waals surface area contributed by atoms with Crippen molar-refractivity contribution in [2.75, 3.05) is 19.8 Å². The molecule has 4 amide bonds. The maximum Gasteiger partial charge on any atom is 0.344 e. The van der Waals surface area contributed by atoms with Crippen LogP contribution >= 0.6 is 0 Å². The van der Waals surface area contributed by atoms with Gasteiger partial charge in [0.25, 0.3) is 11.8 Å². The van der Waals surface area contributed by atoms with Crippen LogP contribution in [0.15, 0.2) is 59.5 Å². The van der Waals surface area contributed by atoms with Crippen LogP contribution in [-0.4, -0.2) is 61.6 Å². The summed E-state index contributed by atoms with van der Waals surface area (Å²) in [5.41, 5.74) is 3.17. The molecule has 1 saturated heterocycles. The number of aryl methyl sites for hydroxylation is 1. The molecule has 10 heteroatoms. The fourth-order valence-corrected chi connectivity index (χ4v) is 4.40. The zero-order valence-corrected chi connectivity index (χ0v) is 20.6. The van der Waals surface area contributed by atoms with Crippen molar-refractivity contribution in [3.63, 3.8) is 0 Å². The lowest BCUT2D eigenvalue weighted by molar-refractivity contribution is -0.139. The highest BCUT2D eigenvalue weighted by Crippen LogP contribution is 2.23. The number of rotatable bonds is 9. The van der Waals surface area contributed by atoms with Gasteiger partial charge in [-0.25, -0.2) is 13.2 Å². The fourth-order valence-electron chi connectivity index (χ4n) is 3.77. The van der Waals surface area contributed by atoms with E-state index in [9.17, 15) is 22.8 Å². The van der Waals surface area contributed by atoms with Crippen molar-refractivity contribution in [1.82, 2.24) is 20.7 Å². The maximum absolute atomic E-state index is 12.9. The molecule has 182 valence electrons. The Balaban J connectivity index is 1.58. The second-order valence-electron chi connectivity index (χ2n) is 8.86. The topological polar surface area (TPSA) is 116 Å². The van der Waals surface area contributed by atoms with Gasteiger partial charge in [-0.3, -0.25) is 19.9 Å². The predicted octanol–water partition coefficient (Wildman–Crippen LogP) is 2.06. The van der Waals surface area contributed by atoms with Crippen LogP contribution in [0.2, 0.25) is 0 Å². The number of urea groups is 1. The van der Waals surface area contributed by atoms with Crippen molar-refractivity contribution in [3.8, 4) is 0 Å². The van der Waals surface area contributed by atoms with Gasteiger partial charge in [0.15, 0.2) is 9.84 Å². The number of sulfone groups is 1. The van der Waals surface area contributed by atoms with Gasteiger partial charge in [0, 0.05) is 12.3 Å². The Morgan fingerprint density at radius 2 is 1.74 bits per heavy atom. The van der Waals surface area contributed by atoms with Crippen molar-refractivity contribution >= 4 is 27.7 Å². The summed E-state index contributed by atoms with van der Waals surface area (Å²) in [5, 5.41) is 3.43. The van der Waals surface area contributed by atoms with E-state index in [4.69, 9.17) is 0 Å². The third-order valence-electron chi connectivity index (χ3n) is 6.10. The molecule has 1 fully saturated rings. The van der Waals surface area contributed by atoms with E-state index in [-0.39, 0.29) is 17.5 Å². The standard InChI is InChI=1S/C24H30N4O5S/c1-17(19-10-12-20(13-11-19)34(4,32)33)27(3)16-21(29)26-28-22(30)24(2,25-23(28)31)15-14-18-8-6-5-7-9-18/h5-13,17H,14-16H2,1-4H3,(H,25,31)(H,26,29). The molecule has 0 radical (unpaired) electrons. The van der Waals surface area contributed by atoms with Crippen LogP contribution < -0.4 is 10.7 Å². The Hall–Kier alpha value is -3.24. The van der Waals surface area contributed by atoms with E-state index < -0.39 is 33.2 Å². The van der Waals surface area contributed by atoms with Crippen LogP contribution in [-0.2, 0) is 25.8 Å². The van der Waals surface area contributed by atoms with E-state index in [1.165, 1.54) is 12.1 Å². The SMILES string of the molecule is CC(c1ccc(S(C)(=O)=O)cc1)N(C)CC(=O)NN1C(=O)NC(C)(CCc2ccccc2)C1=O. The Kier molecular flexibility index (Phi) is 7.42. The lowest BCUT2D eigenvalue weighted by atomic mass is 9.93. The molecule has 9 nitrogen and oxygen atoms in total. The van der Waals surface area contributed by atoms with Crippen molar-refractivity contribution in [1.29, 1.82) is 0 Å².